The summed E-state index contributed by atoms with van der Waals surface area (Å²) in [6.07, 6.45) is 1.72. The molecule has 0 unspecified atom stereocenters. The molecule has 0 atom stereocenters. The predicted octanol–water partition coefficient (Wildman–Crippen LogP) is 3.25. The Morgan fingerprint density at radius 1 is 1.19 bits per heavy atom. The van der Waals surface area contributed by atoms with Crippen LogP contribution in [0.3, 0.4) is 0 Å². The van der Waals surface area contributed by atoms with Gasteiger partial charge in [-0.1, -0.05) is 12.1 Å². The second-order valence-corrected chi connectivity index (χ2v) is 6.05. The summed E-state index contributed by atoms with van der Waals surface area (Å²) in [5.41, 5.74) is 1.98. The highest BCUT2D eigenvalue weighted by atomic mass is 16.5. The van der Waals surface area contributed by atoms with Gasteiger partial charge in [-0.05, 0) is 50.6 Å². The van der Waals surface area contributed by atoms with Crippen LogP contribution in [-0.2, 0) is 13.2 Å². The van der Waals surface area contributed by atoms with Crippen molar-refractivity contribution < 1.29 is 9.84 Å². The SMILES string of the molecule is CC(C)(C)NCc1ccc(OCc2cccc(O)c2)cn1. The van der Waals surface area contributed by atoms with E-state index in [0.29, 0.717) is 6.61 Å². The van der Waals surface area contributed by atoms with Crippen LogP contribution in [0.2, 0.25) is 0 Å². The van der Waals surface area contributed by atoms with E-state index in [2.05, 4.69) is 31.1 Å². The van der Waals surface area contributed by atoms with Gasteiger partial charge in [0.2, 0.25) is 0 Å². The molecule has 0 saturated heterocycles. The molecule has 0 amide bonds. The number of rotatable bonds is 5. The van der Waals surface area contributed by atoms with Crippen molar-refractivity contribution in [3.8, 4) is 11.5 Å². The summed E-state index contributed by atoms with van der Waals surface area (Å²) < 4.78 is 5.65. The number of benzene rings is 1. The quantitative estimate of drug-likeness (QED) is 0.886. The van der Waals surface area contributed by atoms with Crippen LogP contribution in [0.4, 0.5) is 0 Å². The molecule has 0 fully saturated rings. The Bertz CT molecular complexity index is 574. The molecule has 0 aliphatic carbocycles. The number of phenolic OH excluding ortho intramolecular Hbond substituents is 1. The van der Waals surface area contributed by atoms with Crippen LogP contribution >= 0.6 is 0 Å². The average molecular weight is 286 g/mol. The second-order valence-electron chi connectivity index (χ2n) is 6.05. The molecular weight excluding hydrogens is 264 g/mol. The maximum Gasteiger partial charge on any atom is 0.138 e. The van der Waals surface area contributed by atoms with Gasteiger partial charge in [-0.2, -0.15) is 0 Å². The van der Waals surface area contributed by atoms with Crippen LogP contribution in [0.5, 0.6) is 11.5 Å². The third-order valence-electron chi connectivity index (χ3n) is 2.91. The first-order chi connectivity index (χ1) is 9.92. The van der Waals surface area contributed by atoms with Gasteiger partial charge in [0.05, 0.1) is 11.9 Å². The fourth-order valence-electron chi connectivity index (χ4n) is 1.77. The highest BCUT2D eigenvalue weighted by Crippen LogP contribution is 2.15. The van der Waals surface area contributed by atoms with E-state index in [1.54, 1.807) is 24.4 Å². The van der Waals surface area contributed by atoms with Crippen molar-refractivity contribution in [2.75, 3.05) is 0 Å². The fourth-order valence-corrected chi connectivity index (χ4v) is 1.77. The van der Waals surface area contributed by atoms with Gasteiger partial charge in [0.1, 0.15) is 18.1 Å². The normalized spacial score (nSPS) is 11.4. The number of hydrogen-bond acceptors (Lipinski definition) is 4. The number of aromatic hydroxyl groups is 1. The molecule has 2 aromatic rings. The van der Waals surface area contributed by atoms with Gasteiger partial charge in [-0.15, -0.1) is 0 Å². The zero-order valence-corrected chi connectivity index (χ0v) is 12.8. The molecule has 0 saturated carbocycles. The molecule has 1 aromatic carbocycles. The van der Waals surface area contributed by atoms with Crippen LogP contribution in [0, 0.1) is 0 Å². The number of nitrogens with zero attached hydrogens (tertiary/aromatic N) is 1. The Morgan fingerprint density at radius 3 is 2.62 bits per heavy atom. The minimum Gasteiger partial charge on any atom is -0.508 e. The van der Waals surface area contributed by atoms with Crippen molar-refractivity contribution in [2.24, 2.45) is 0 Å². The highest BCUT2D eigenvalue weighted by Gasteiger charge is 2.08. The Hall–Kier alpha value is -2.07. The third-order valence-corrected chi connectivity index (χ3v) is 2.91. The first kappa shape index (κ1) is 15.3. The highest BCUT2D eigenvalue weighted by molar-refractivity contribution is 5.27. The molecule has 0 spiro atoms. The molecule has 2 rings (SSSR count). The van der Waals surface area contributed by atoms with E-state index in [-0.39, 0.29) is 11.3 Å². The Morgan fingerprint density at radius 2 is 2.00 bits per heavy atom. The summed E-state index contributed by atoms with van der Waals surface area (Å²) in [4.78, 5) is 4.37. The van der Waals surface area contributed by atoms with E-state index in [1.165, 1.54) is 0 Å². The summed E-state index contributed by atoms with van der Waals surface area (Å²) in [6.45, 7) is 7.52. The van der Waals surface area contributed by atoms with Gasteiger partial charge in [-0.25, -0.2) is 0 Å². The van der Waals surface area contributed by atoms with Gasteiger partial charge in [0, 0.05) is 12.1 Å². The van der Waals surface area contributed by atoms with Crippen molar-refractivity contribution in [2.45, 2.75) is 39.5 Å². The minimum atomic E-state index is 0.0756. The summed E-state index contributed by atoms with van der Waals surface area (Å²) in [5, 5.41) is 12.8. The topological polar surface area (TPSA) is 54.4 Å². The predicted molar refractivity (Wildman–Crippen MR) is 83.3 cm³/mol. The number of nitrogens with one attached hydrogen (secondary N) is 1. The van der Waals surface area contributed by atoms with E-state index in [1.807, 2.05) is 18.2 Å². The summed E-state index contributed by atoms with van der Waals surface area (Å²) in [5.74, 6) is 0.968. The van der Waals surface area contributed by atoms with Gasteiger partial charge < -0.3 is 15.2 Å². The maximum absolute atomic E-state index is 9.40. The largest absolute Gasteiger partial charge is 0.508 e. The molecule has 21 heavy (non-hydrogen) atoms. The minimum absolute atomic E-state index is 0.0756. The van der Waals surface area contributed by atoms with Crippen molar-refractivity contribution in [1.29, 1.82) is 0 Å². The van der Waals surface area contributed by atoms with E-state index in [9.17, 15) is 5.11 Å². The van der Waals surface area contributed by atoms with E-state index in [4.69, 9.17) is 4.74 Å². The molecule has 4 nitrogen and oxygen atoms in total. The molecule has 1 heterocycles. The number of ether oxygens (including phenoxy) is 1. The first-order valence-electron chi connectivity index (χ1n) is 7.03. The second kappa shape index (κ2) is 6.59. The Kier molecular flexibility index (Phi) is 4.81. The van der Waals surface area contributed by atoms with Crippen molar-refractivity contribution in [3.05, 3.63) is 53.9 Å². The molecule has 1 aromatic heterocycles. The van der Waals surface area contributed by atoms with Crippen LogP contribution < -0.4 is 10.1 Å². The Labute approximate surface area is 125 Å². The number of hydrogen-bond donors (Lipinski definition) is 2. The molecule has 0 aliphatic rings. The standard InChI is InChI=1S/C17H22N2O2/c1-17(2,3)19-10-14-7-8-16(11-18-14)21-12-13-5-4-6-15(20)9-13/h4-9,11,19-20H,10,12H2,1-3H3. The lowest BCUT2D eigenvalue weighted by molar-refractivity contribution is 0.304. The zero-order valence-electron chi connectivity index (χ0n) is 12.8. The monoisotopic (exact) mass is 286 g/mol. The van der Waals surface area contributed by atoms with E-state index in [0.717, 1.165) is 23.6 Å². The van der Waals surface area contributed by atoms with Crippen molar-refractivity contribution in [3.63, 3.8) is 0 Å². The lowest BCUT2D eigenvalue weighted by atomic mass is 10.1. The molecule has 0 radical (unpaired) electrons. The smallest absolute Gasteiger partial charge is 0.138 e. The van der Waals surface area contributed by atoms with E-state index < -0.39 is 0 Å². The van der Waals surface area contributed by atoms with Crippen LogP contribution in [0.25, 0.3) is 0 Å². The maximum atomic E-state index is 9.40. The third kappa shape index (κ3) is 5.44. The fraction of sp³-hybridized carbons (Fsp3) is 0.353. The zero-order chi connectivity index (χ0) is 15.3. The average Bonchev–Trinajstić information content (AvgIpc) is 2.43. The molecule has 2 N–H and O–H groups in total. The van der Waals surface area contributed by atoms with Gasteiger partial charge >= 0.3 is 0 Å². The lowest BCUT2D eigenvalue weighted by Crippen LogP contribution is -2.35. The summed E-state index contributed by atoms with van der Waals surface area (Å²) in [7, 11) is 0. The van der Waals surface area contributed by atoms with Gasteiger partial charge in [-0.3, -0.25) is 4.98 Å². The van der Waals surface area contributed by atoms with Gasteiger partial charge in [0.25, 0.3) is 0 Å². The van der Waals surface area contributed by atoms with Crippen LogP contribution in [-0.4, -0.2) is 15.6 Å². The van der Waals surface area contributed by atoms with Crippen molar-refractivity contribution >= 4 is 0 Å². The molecular formula is C17H22N2O2. The molecule has 112 valence electrons. The van der Waals surface area contributed by atoms with Crippen molar-refractivity contribution in [1.82, 2.24) is 10.3 Å². The van der Waals surface area contributed by atoms with Crippen LogP contribution in [0.1, 0.15) is 32.0 Å². The van der Waals surface area contributed by atoms with Crippen LogP contribution in [0.15, 0.2) is 42.6 Å². The number of pyridine rings is 1. The number of aromatic nitrogens is 1. The van der Waals surface area contributed by atoms with Gasteiger partial charge in [0.15, 0.2) is 0 Å². The molecule has 0 aliphatic heterocycles. The Balaban J connectivity index is 1.87. The first-order valence-corrected chi connectivity index (χ1v) is 7.03. The summed E-state index contributed by atoms with van der Waals surface area (Å²) >= 11 is 0. The lowest BCUT2D eigenvalue weighted by Gasteiger charge is -2.20. The molecule has 0 bridgehead atoms. The summed E-state index contributed by atoms with van der Waals surface area (Å²) in [6, 6.07) is 10.9. The number of phenols is 1. The van der Waals surface area contributed by atoms with E-state index >= 15 is 0 Å². The molecule has 4 heteroatoms.